The number of hydrogen-bond acceptors (Lipinski definition) is 3. The zero-order valence-corrected chi connectivity index (χ0v) is 10.8. The van der Waals surface area contributed by atoms with Crippen LogP contribution in [0.1, 0.15) is 37.9 Å². The molecular formula is C14H22N2O. The molecule has 0 spiro atoms. The van der Waals surface area contributed by atoms with Crippen molar-refractivity contribution in [2.24, 2.45) is 11.7 Å². The molecule has 0 fully saturated rings. The lowest BCUT2D eigenvalue weighted by Crippen LogP contribution is -2.18. The highest BCUT2D eigenvalue weighted by molar-refractivity contribution is 5.80. The van der Waals surface area contributed by atoms with Crippen LogP contribution in [0.15, 0.2) is 18.3 Å². The van der Waals surface area contributed by atoms with E-state index in [9.17, 15) is 4.79 Å². The molecule has 3 heteroatoms. The Morgan fingerprint density at radius 2 is 2.18 bits per heavy atom. The van der Waals surface area contributed by atoms with Crippen molar-refractivity contribution in [1.82, 2.24) is 4.98 Å². The third-order valence-electron chi connectivity index (χ3n) is 3.10. The molecule has 1 unspecified atom stereocenters. The maximum atomic E-state index is 11.8. The number of Topliss-reactive ketones (excluding diaryl/α,β-unsaturated/α-hetero) is 1. The van der Waals surface area contributed by atoms with Crippen LogP contribution in [0.25, 0.3) is 0 Å². The van der Waals surface area contributed by atoms with Crippen LogP contribution in [0, 0.1) is 5.92 Å². The molecule has 1 rings (SSSR count). The van der Waals surface area contributed by atoms with Gasteiger partial charge in [0.05, 0.1) is 0 Å². The largest absolute Gasteiger partial charge is 0.330 e. The summed E-state index contributed by atoms with van der Waals surface area (Å²) >= 11 is 0. The molecule has 0 saturated heterocycles. The molecule has 1 heterocycles. The average Bonchev–Trinajstić information content (AvgIpc) is 2.37. The van der Waals surface area contributed by atoms with E-state index in [0.717, 1.165) is 18.5 Å². The molecule has 94 valence electrons. The molecule has 0 radical (unpaired) electrons. The van der Waals surface area contributed by atoms with Crippen molar-refractivity contribution < 1.29 is 4.79 Å². The van der Waals surface area contributed by atoms with Gasteiger partial charge in [-0.2, -0.15) is 0 Å². The van der Waals surface area contributed by atoms with Crippen LogP contribution < -0.4 is 5.73 Å². The van der Waals surface area contributed by atoms with Gasteiger partial charge in [0, 0.05) is 24.7 Å². The van der Waals surface area contributed by atoms with Gasteiger partial charge in [-0.15, -0.1) is 0 Å². The van der Waals surface area contributed by atoms with E-state index in [-0.39, 0.29) is 5.78 Å². The molecule has 1 aromatic rings. The van der Waals surface area contributed by atoms with Gasteiger partial charge in [-0.1, -0.05) is 26.3 Å². The first-order chi connectivity index (χ1) is 8.19. The molecule has 0 aliphatic rings. The second-order valence-electron chi connectivity index (χ2n) is 4.44. The van der Waals surface area contributed by atoms with Gasteiger partial charge in [-0.25, -0.2) is 0 Å². The summed E-state index contributed by atoms with van der Waals surface area (Å²) in [7, 11) is 0. The number of rotatable bonds is 7. The van der Waals surface area contributed by atoms with Crippen LogP contribution in [-0.4, -0.2) is 17.3 Å². The Morgan fingerprint density at radius 3 is 2.65 bits per heavy atom. The first-order valence-corrected chi connectivity index (χ1v) is 6.35. The SMILES string of the molecule is CCc1ccc(CC(=O)CC(CC)CN)nc1. The molecule has 0 aliphatic heterocycles. The molecule has 0 aromatic carbocycles. The van der Waals surface area contributed by atoms with Crippen LogP contribution in [-0.2, 0) is 17.6 Å². The zero-order valence-electron chi connectivity index (χ0n) is 10.8. The summed E-state index contributed by atoms with van der Waals surface area (Å²) in [5.74, 6) is 0.552. The molecule has 0 saturated carbocycles. The van der Waals surface area contributed by atoms with Crippen LogP contribution in [0.5, 0.6) is 0 Å². The number of aromatic nitrogens is 1. The van der Waals surface area contributed by atoms with E-state index in [1.165, 1.54) is 5.56 Å². The quantitative estimate of drug-likeness (QED) is 0.786. The van der Waals surface area contributed by atoms with Crippen molar-refractivity contribution in [3.63, 3.8) is 0 Å². The fourth-order valence-corrected chi connectivity index (χ4v) is 1.76. The highest BCUT2D eigenvalue weighted by Crippen LogP contribution is 2.09. The lowest BCUT2D eigenvalue weighted by Gasteiger charge is -2.10. The van der Waals surface area contributed by atoms with Crippen molar-refractivity contribution in [2.75, 3.05) is 6.54 Å². The summed E-state index contributed by atoms with van der Waals surface area (Å²) < 4.78 is 0. The number of aryl methyl sites for hydroxylation is 1. The van der Waals surface area contributed by atoms with Crippen molar-refractivity contribution in [2.45, 2.75) is 39.5 Å². The Hall–Kier alpha value is -1.22. The molecule has 1 aromatic heterocycles. The van der Waals surface area contributed by atoms with Gasteiger partial charge >= 0.3 is 0 Å². The Balaban J connectivity index is 2.49. The molecular weight excluding hydrogens is 212 g/mol. The maximum Gasteiger partial charge on any atom is 0.139 e. The Kier molecular flexibility index (Phi) is 5.84. The smallest absolute Gasteiger partial charge is 0.139 e. The minimum absolute atomic E-state index is 0.235. The average molecular weight is 234 g/mol. The minimum Gasteiger partial charge on any atom is -0.330 e. The van der Waals surface area contributed by atoms with E-state index in [0.29, 0.717) is 25.3 Å². The standard InChI is InChI=1S/C14H22N2O/c1-3-11-5-6-13(16-10-11)8-14(17)7-12(4-2)9-15/h5-6,10,12H,3-4,7-9,15H2,1-2H3. The van der Waals surface area contributed by atoms with E-state index in [1.54, 1.807) is 0 Å². The molecule has 0 amide bonds. The second-order valence-corrected chi connectivity index (χ2v) is 4.44. The van der Waals surface area contributed by atoms with Gasteiger partial charge in [-0.05, 0) is 30.5 Å². The summed E-state index contributed by atoms with van der Waals surface area (Å²) in [6, 6.07) is 3.98. The van der Waals surface area contributed by atoms with Gasteiger partial charge in [0.2, 0.25) is 0 Å². The molecule has 0 bridgehead atoms. The molecule has 1 atom stereocenters. The third-order valence-corrected chi connectivity index (χ3v) is 3.10. The number of pyridine rings is 1. The summed E-state index contributed by atoms with van der Waals surface area (Å²) in [4.78, 5) is 16.1. The lowest BCUT2D eigenvalue weighted by atomic mass is 9.97. The van der Waals surface area contributed by atoms with Crippen molar-refractivity contribution >= 4 is 5.78 Å². The van der Waals surface area contributed by atoms with E-state index >= 15 is 0 Å². The van der Waals surface area contributed by atoms with Crippen molar-refractivity contribution in [3.05, 3.63) is 29.6 Å². The van der Waals surface area contributed by atoms with Crippen molar-refractivity contribution in [3.8, 4) is 0 Å². The van der Waals surface area contributed by atoms with E-state index in [4.69, 9.17) is 5.73 Å². The molecule has 0 aliphatic carbocycles. The van der Waals surface area contributed by atoms with Crippen LogP contribution in [0.2, 0.25) is 0 Å². The normalized spacial score (nSPS) is 12.4. The van der Waals surface area contributed by atoms with E-state index in [2.05, 4.69) is 18.8 Å². The van der Waals surface area contributed by atoms with Crippen molar-refractivity contribution in [1.29, 1.82) is 0 Å². The Labute approximate surface area is 103 Å². The lowest BCUT2D eigenvalue weighted by molar-refractivity contribution is -0.119. The first kappa shape index (κ1) is 13.8. The van der Waals surface area contributed by atoms with Gasteiger partial charge in [0.25, 0.3) is 0 Å². The predicted octanol–water partition coefficient (Wildman–Crippen LogP) is 2.13. The predicted molar refractivity (Wildman–Crippen MR) is 69.8 cm³/mol. The van der Waals surface area contributed by atoms with Crippen LogP contribution >= 0.6 is 0 Å². The summed E-state index contributed by atoms with van der Waals surface area (Å²) in [6.45, 7) is 4.75. The second kappa shape index (κ2) is 7.17. The third kappa shape index (κ3) is 4.65. The number of nitrogens with two attached hydrogens (primary N) is 1. The molecule has 3 nitrogen and oxygen atoms in total. The number of nitrogens with zero attached hydrogens (tertiary/aromatic N) is 1. The topological polar surface area (TPSA) is 56.0 Å². The molecule has 2 N–H and O–H groups in total. The summed E-state index contributed by atoms with van der Waals surface area (Å²) in [5.41, 5.74) is 7.66. The van der Waals surface area contributed by atoms with Gasteiger partial charge in [0.15, 0.2) is 0 Å². The minimum atomic E-state index is 0.235. The van der Waals surface area contributed by atoms with Crippen LogP contribution in [0.4, 0.5) is 0 Å². The molecule has 17 heavy (non-hydrogen) atoms. The zero-order chi connectivity index (χ0) is 12.7. The number of ketones is 1. The summed E-state index contributed by atoms with van der Waals surface area (Å²) in [5, 5.41) is 0. The first-order valence-electron chi connectivity index (χ1n) is 6.35. The Bertz CT molecular complexity index is 342. The number of hydrogen-bond donors (Lipinski definition) is 1. The maximum absolute atomic E-state index is 11.8. The monoisotopic (exact) mass is 234 g/mol. The highest BCUT2D eigenvalue weighted by atomic mass is 16.1. The summed E-state index contributed by atoms with van der Waals surface area (Å²) in [6.07, 6.45) is 4.80. The Morgan fingerprint density at radius 1 is 1.41 bits per heavy atom. The van der Waals surface area contributed by atoms with Crippen LogP contribution in [0.3, 0.4) is 0 Å². The van der Waals surface area contributed by atoms with E-state index in [1.807, 2.05) is 18.3 Å². The fraction of sp³-hybridized carbons (Fsp3) is 0.571. The van der Waals surface area contributed by atoms with Gasteiger partial charge in [-0.3, -0.25) is 9.78 Å². The highest BCUT2D eigenvalue weighted by Gasteiger charge is 2.11. The number of carbonyl (C=O) groups is 1. The number of carbonyl (C=O) groups excluding carboxylic acids is 1. The van der Waals surface area contributed by atoms with E-state index < -0.39 is 0 Å². The van der Waals surface area contributed by atoms with Gasteiger partial charge in [0.1, 0.15) is 5.78 Å². The fourth-order valence-electron chi connectivity index (χ4n) is 1.76. The van der Waals surface area contributed by atoms with Gasteiger partial charge < -0.3 is 5.73 Å².